The van der Waals surface area contributed by atoms with E-state index in [-0.39, 0.29) is 0 Å². The number of methoxy groups -OCH3 is 1. The molecule has 0 aliphatic rings. The molecule has 0 atom stereocenters. The van der Waals surface area contributed by atoms with E-state index in [1.54, 1.807) is 7.11 Å². The van der Waals surface area contributed by atoms with Crippen LogP contribution < -0.4 is 0 Å². The fourth-order valence-corrected chi connectivity index (χ4v) is 0.365. The Hall–Kier alpha value is -0.810. The molecule has 0 aromatic heterocycles. The maximum absolute atomic E-state index is 8.56. The first-order valence-corrected chi connectivity index (χ1v) is 3.51. The third kappa shape index (κ3) is 35.1. The van der Waals surface area contributed by atoms with Crippen molar-refractivity contribution in [2.45, 2.75) is 0 Å². The van der Waals surface area contributed by atoms with E-state index in [9.17, 15) is 0 Å². The molecule has 0 aliphatic carbocycles. The highest BCUT2D eigenvalue weighted by Crippen LogP contribution is 1.87. The van der Waals surface area contributed by atoms with Gasteiger partial charge >= 0.3 is 6.16 Å². The Kier molecular flexibility index (Phi) is 7.88. The van der Waals surface area contributed by atoms with Gasteiger partial charge in [0.25, 0.3) is 0 Å². The summed E-state index contributed by atoms with van der Waals surface area (Å²) in [5.74, 6) is 0. The number of carbonyl (C=O) groups is 1. The average molecular weight is 180 g/mol. The molecule has 0 fully saturated rings. The van der Waals surface area contributed by atoms with E-state index in [2.05, 4.69) is 21.1 Å². The molecule has 74 valence electrons. The molecule has 0 saturated carbocycles. The quantitative estimate of drug-likeness (QED) is 0.623. The van der Waals surface area contributed by atoms with Gasteiger partial charge in [0.05, 0.1) is 27.7 Å². The minimum atomic E-state index is -1.83. The molecule has 2 N–H and O–H groups in total. The zero-order valence-corrected chi connectivity index (χ0v) is 8.07. The van der Waals surface area contributed by atoms with Gasteiger partial charge in [0.15, 0.2) is 0 Å². The molecule has 5 heteroatoms. The van der Waals surface area contributed by atoms with E-state index in [1.807, 2.05) is 0 Å². The van der Waals surface area contributed by atoms with E-state index in [0.717, 1.165) is 17.6 Å². The van der Waals surface area contributed by atoms with Crippen molar-refractivity contribution in [2.75, 3.05) is 41.4 Å². The van der Waals surface area contributed by atoms with Gasteiger partial charge in [-0.2, -0.15) is 0 Å². The molecule has 0 spiro atoms. The predicted octanol–water partition coefficient (Wildman–Crippen LogP) is 0.561. The van der Waals surface area contributed by atoms with E-state index >= 15 is 0 Å². The molecule has 0 aromatic rings. The van der Waals surface area contributed by atoms with Crippen LogP contribution in [0.15, 0.2) is 0 Å². The lowest BCUT2D eigenvalue weighted by atomic mass is 10.5. The zero-order valence-electron chi connectivity index (χ0n) is 8.07. The lowest BCUT2D eigenvalue weighted by Crippen LogP contribution is -2.37. The summed E-state index contributed by atoms with van der Waals surface area (Å²) in [5, 5.41) is 13.9. The fraction of sp³-hybridized carbons (Fsp3) is 0.857. The Morgan fingerprint density at radius 1 is 1.33 bits per heavy atom. The monoisotopic (exact) mass is 180 g/mol. The molecule has 0 aromatic carbocycles. The van der Waals surface area contributed by atoms with Crippen molar-refractivity contribution in [3.8, 4) is 0 Å². The van der Waals surface area contributed by atoms with Crippen molar-refractivity contribution in [3.63, 3.8) is 0 Å². The molecule has 0 radical (unpaired) electrons. The van der Waals surface area contributed by atoms with Crippen molar-refractivity contribution in [1.29, 1.82) is 0 Å². The summed E-state index contributed by atoms with van der Waals surface area (Å²) >= 11 is 0. The van der Waals surface area contributed by atoms with Crippen molar-refractivity contribution in [3.05, 3.63) is 0 Å². The standard InChI is InChI=1S/C6H16NO.CH2O3/c1-7(2,3)5-6-8-4;2-1(3)4/h5-6H2,1-4H3;(H2,2,3,4)/q+1;. The lowest BCUT2D eigenvalue weighted by Gasteiger charge is -2.22. The maximum atomic E-state index is 8.56. The molecular weight excluding hydrogens is 162 g/mol. The third-order valence-electron chi connectivity index (χ3n) is 0.966. The number of hydrogen-bond donors (Lipinski definition) is 2. The summed E-state index contributed by atoms with van der Waals surface area (Å²) in [5.41, 5.74) is 0. The summed E-state index contributed by atoms with van der Waals surface area (Å²) in [6.45, 7) is 1.93. The van der Waals surface area contributed by atoms with Crippen LogP contribution in [0.2, 0.25) is 0 Å². The van der Waals surface area contributed by atoms with Crippen LogP contribution in [0.3, 0.4) is 0 Å². The second-order valence-corrected chi connectivity index (χ2v) is 3.29. The van der Waals surface area contributed by atoms with Crippen molar-refractivity contribution < 1.29 is 24.2 Å². The van der Waals surface area contributed by atoms with E-state index in [4.69, 9.17) is 19.7 Å². The second-order valence-electron chi connectivity index (χ2n) is 3.29. The molecule has 0 bridgehead atoms. The molecule has 5 nitrogen and oxygen atoms in total. The number of likely N-dealkylation sites (N-methyl/N-ethyl adjacent to an activating group) is 1. The van der Waals surface area contributed by atoms with Crippen LogP contribution in [-0.4, -0.2) is 62.3 Å². The highest BCUT2D eigenvalue weighted by atomic mass is 16.6. The maximum Gasteiger partial charge on any atom is 0.503 e. The number of carboxylic acid groups (broad SMARTS) is 2. The highest BCUT2D eigenvalue weighted by Gasteiger charge is 2.03. The largest absolute Gasteiger partial charge is 0.503 e. The molecule has 0 rings (SSSR count). The van der Waals surface area contributed by atoms with Crippen molar-refractivity contribution in [1.82, 2.24) is 0 Å². The van der Waals surface area contributed by atoms with Gasteiger partial charge in [0, 0.05) is 7.11 Å². The first kappa shape index (κ1) is 13.8. The number of nitrogens with zero attached hydrogens (tertiary/aromatic N) is 1. The highest BCUT2D eigenvalue weighted by molar-refractivity contribution is 5.53. The molecule has 0 amide bonds. The van der Waals surface area contributed by atoms with E-state index in [1.165, 1.54) is 0 Å². The molecule has 0 aliphatic heterocycles. The summed E-state index contributed by atoms with van der Waals surface area (Å²) in [6.07, 6.45) is -1.83. The van der Waals surface area contributed by atoms with Gasteiger partial charge in [-0.25, -0.2) is 4.79 Å². The van der Waals surface area contributed by atoms with Crippen LogP contribution in [0.4, 0.5) is 4.79 Å². The van der Waals surface area contributed by atoms with Gasteiger partial charge in [-0.1, -0.05) is 0 Å². The van der Waals surface area contributed by atoms with Crippen molar-refractivity contribution in [2.24, 2.45) is 0 Å². The van der Waals surface area contributed by atoms with Gasteiger partial charge in [-0.05, 0) is 0 Å². The number of hydrogen-bond acceptors (Lipinski definition) is 2. The van der Waals surface area contributed by atoms with Crippen LogP contribution in [-0.2, 0) is 4.74 Å². The normalized spacial score (nSPS) is 10.0. The molecule has 0 saturated heterocycles. The SMILES string of the molecule is COCC[N+](C)(C)C.O=C(O)O. The summed E-state index contributed by atoms with van der Waals surface area (Å²) in [4.78, 5) is 8.56. The van der Waals surface area contributed by atoms with Crippen LogP contribution in [0.1, 0.15) is 0 Å². The first-order valence-electron chi connectivity index (χ1n) is 3.51. The third-order valence-corrected chi connectivity index (χ3v) is 0.966. The minimum absolute atomic E-state index is 0.851. The number of ether oxygens (including phenoxy) is 1. The zero-order chi connectivity index (χ0) is 10.2. The Morgan fingerprint density at radius 3 is 1.75 bits per heavy atom. The van der Waals surface area contributed by atoms with Crippen LogP contribution in [0.5, 0.6) is 0 Å². The number of rotatable bonds is 3. The summed E-state index contributed by atoms with van der Waals surface area (Å²) < 4.78 is 5.88. The Balaban J connectivity index is 0. The van der Waals surface area contributed by atoms with E-state index in [0.29, 0.717) is 0 Å². The minimum Gasteiger partial charge on any atom is -0.450 e. The average Bonchev–Trinajstić information content (AvgIpc) is 1.80. The molecule has 0 heterocycles. The van der Waals surface area contributed by atoms with Gasteiger partial charge in [-0.15, -0.1) is 0 Å². The Bertz CT molecular complexity index is 115. The second kappa shape index (κ2) is 6.87. The molecule has 0 unspecified atom stereocenters. The summed E-state index contributed by atoms with van der Waals surface area (Å²) in [7, 11) is 8.19. The van der Waals surface area contributed by atoms with Gasteiger partial charge in [0.1, 0.15) is 6.54 Å². The Labute approximate surface area is 72.8 Å². The van der Waals surface area contributed by atoms with Crippen LogP contribution in [0.25, 0.3) is 0 Å². The topological polar surface area (TPSA) is 66.8 Å². The number of quaternary nitrogens is 1. The van der Waals surface area contributed by atoms with Crippen LogP contribution in [0, 0.1) is 0 Å². The van der Waals surface area contributed by atoms with Crippen molar-refractivity contribution >= 4 is 6.16 Å². The molecular formula is C7H18NO4+. The fourth-order valence-electron chi connectivity index (χ4n) is 0.365. The first-order chi connectivity index (χ1) is 5.29. The van der Waals surface area contributed by atoms with E-state index < -0.39 is 6.16 Å². The smallest absolute Gasteiger partial charge is 0.450 e. The van der Waals surface area contributed by atoms with Gasteiger partial charge in [-0.3, -0.25) is 0 Å². The predicted molar refractivity (Wildman–Crippen MR) is 45.4 cm³/mol. The van der Waals surface area contributed by atoms with Gasteiger partial charge < -0.3 is 19.4 Å². The summed E-state index contributed by atoms with van der Waals surface area (Å²) in [6, 6.07) is 0. The van der Waals surface area contributed by atoms with Crippen LogP contribution >= 0.6 is 0 Å². The lowest BCUT2D eigenvalue weighted by molar-refractivity contribution is -0.870. The van der Waals surface area contributed by atoms with Gasteiger partial charge in [0.2, 0.25) is 0 Å². The molecule has 12 heavy (non-hydrogen) atoms. The Morgan fingerprint density at radius 2 is 1.67 bits per heavy atom.